The maximum atomic E-state index is 12.9. The van der Waals surface area contributed by atoms with Crippen molar-refractivity contribution >= 4 is 11.8 Å². The molecule has 0 unspecified atom stereocenters. The fraction of sp³-hybridized carbons (Fsp3) is 0.312. The van der Waals surface area contributed by atoms with Gasteiger partial charge in [-0.05, 0) is 24.1 Å². The lowest BCUT2D eigenvalue weighted by atomic mass is 10.2. The van der Waals surface area contributed by atoms with Crippen molar-refractivity contribution in [3.05, 3.63) is 57.5 Å². The second-order valence-electron chi connectivity index (χ2n) is 5.01. The van der Waals surface area contributed by atoms with Gasteiger partial charge in [0.15, 0.2) is 10.9 Å². The standard InChI is InChI=1S/C16H14F3N3OS/c1-2-6-22-14(23)8-13(16(17,18)19)21-15(22)24-10-12-5-3-4-11(7-12)9-20/h3-5,7-8H,2,6,10H2,1H3. The van der Waals surface area contributed by atoms with Gasteiger partial charge in [-0.1, -0.05) is 30.8 Å². The molecule has 0 radical (unpaired) electrons. The van der Waals surface area contributed by atoms with Gasteiger partial charge in [-0.15, -0.1) is 0 Å². The van der Waals surface area contributed by atoms with Gasteiger partial charge in [-0.3, -0.25) is 9.36 Å². The Morgan fingerprint density at radius 3 is 2.71 bits per heavy atom. The van der Waals surface area contributed by atoms with Gasteiger partial charge in [0.1, 0.15) is 0 Å². The number of hydrogen-bond donors (Lipinski definition) is 0. The molecule has 0 saturated carbocycles. The van der Waals surface area contributed by atoms with Crippen LogP contribution in [0.3, 0.4) is 0 Å². The fourth-order valence-corrected chi connectivity index (χ4v) is 3.02. The molecule has 4 nitrogen and oxygen atoms in total. The van der Waals surface area contributed by atoms with Crippen LogP contribution in [-0.4, -0.2) is 9.55 Å². The number of aromatic nitrogens is 2. The summed E-state index contributed by atoms with van der Waals surface area (Å²) in [6.45, 7) is 2.12. The van der Waals surface area contributed by atoms with Crippen molar-refractivity contribution in [1.82, 2.24) is 9.55 Å². The molecule has 0 atom stereocenters. The van der Waals surface area contributed by atoms with E-state index in [4.69, 9.17) is 5.26 Å². The molecular weight excluding hydrogens is 339 g/mol. The molecule has 126 valence electrons. The van der Waals surface area contributed by atoms with E-state index < -0.39 is 17.4 Å². The maximum Gasteiger partial charge on any atom is 0.433 e. The molecule has 1 heterocycles. The fourth-order valence-electron chi connectivity index (χ4n) is 2.05. The minimum atomic E-state index is -4.67. The van der Waals surface area contributed by atoms with Crippen molar-refractivity contribution in [2.45, 2.75) is 37.0 Å². The molecule has 0 saturated heterocycles. The van der Waals surface area contributed by atoms with Gasteiger partial charge >= 0.3 is 6.18 Å². The van der Waals surface area contributed by atoms with Crippen molar-refractivity contribution in [3.8, 4) is 6.07 Å². The number of rotatable bonds is 5. The summed E-state index contributed by atoms with van der Waals surface area (Å²) in [6.07, 6.45) is -4.06. The lowest BCUT2D eigenvalue weighted by Crippen LogP contribution is -2.26. The third-order valence-corrected chi connectivity index (χ3v) is 4.18. The van der Waals surface area contributed by atoms with Crippen LogP contribution in [-0.2, 0) is 18.5 Å². The number of nitrogens with zero attached hydrogens (tertiary/aromatic N) is 3. The molecule has 0 aliphatic carbocycles. The Bertz CT molecular complexity index is 825. The molecule has 8 heteroatoms. The smallest absolute Gasteiger partial charge is 0.288 e. The lowest BCUT2D eigenvalue weighted by molar-refractivity contribution is -0.141. The first-order valence-corrected chi connectivity index (χ1v) is 8.14. The summed E-state index contributed by atoms with van der Waals surface area (Å²) in [5.41, 5.74) is -0.662. The van der Waals surface area contributed by atoms with E-state index in [1.165, 1.54) is 4.57 Å². The molecule has 1 aromatic carbocycles. The number of alkyl halides is 3. The highest BCUT2D eigenvalue weighted by Gasteiger charge is 2.34. The normalized spacial score (nSPS) is 11.3. The average molecular weight is 353 g/mol. The molecular formula is C16H14F3N3OS. The van der Waals surface area contributed by atoms with E-state index in [1.807, 2.05) is 13.0 Å². The van der Waals surface area contributed by atoms with Gasteiger partial charge in [-0.25, -0.2) is 4.98 Å². The van der Waals surface area contributed by atoms with Crippen molar-refractivity contribution in [3.63, 3.8) is 0 Å². The first kappa shape index (κ1) is 18.1. The molecule has 0 aliphatic heterocycles. The zero-order valence-corrected chi connectivity index (χ0v) is 13.6. The third-order valence-electron chi connectivity index (χ3n) is 3.13. The van der Waals surface area contributed by atoms with Gasteiger partial charge in [-0.2, -0.15) is 18.4 Å². The highest BCUT2D eigenvalue weighted by Crippen LogP contribution is 2.29. The highest BCUT2D eigenvalue weighted by atomic mass is 32.2. The lowest BCUT2D eigenvalue weighted by Gasteiger charge is -2.13. The zero-order chi connectivity index (χ0) is 17.7. The van der Waals surface area contributed by atoms with Gasteiger partial charge < -0.3 is 0 Å². The summed E-state index contributed by atoms with van der Waals surface area (Å²) in [6, 6.07) is 9.30. The second-order valence-corrected chi connectivity index (χ2v) is 5.95. The Morgan fingerprint density at radius 1 is 1.33 bits per heavy atom. The molecule has 0 fully saturated rings. The molecule has 0 bridgehead atoms. The number of halogens is 3. The van der Waals surface area contributed by atoms with Crippen LogP contribution in [0.4, 0.5) is 13.2 Å². The van der Waals surface area contributed by atoms with Crippen LogP contribution in [0.1, 0.15) is 30.2 Å². The quantitative estimate of drug-likeness (QED) is 0.605. The SMILES string of the molecule is CCCn1c(SCc2cccc(C#N)c2)nc(C(F)(F)F)cc1=O. The molecule has 0 amide bonds. The number of benzene rings is 1. The van der Waals surface area contributed by atoms with Gasteiger partial charge in [0.2, 0.25) is 0 Å². The van der Waals surface area contributed by atoms with Crippen LogP contribution in [0.5, 0.6) is 0 Å². The van der Waals surface area contributed by atoms with E-state index in [-0.39, 0.29) is 5.16 Å². The van der Waals surface area contributed by atoms with Crippen LogP contribution < -0.4 is 5.56 Å². The van der Waals surface area contributed by atoms with Crippen molar-refractivity contribution in [2.75, 3.05) is 0 Å². The third kappa shape index (κ3) is 4.38. The zero-order valence-electron chi connectivity index (χ0n) is 12.8. The van der Waals surface area contributed by atoms with E-state index >= 15 is 0 Å². The predicted molar refractivity (Wildman–Crippen MR) is 84.5 cm³/mol. The van der Waals surface area contributed by atoms with Crippen molar-refractivity contribution < 1.29 is 13.2 Å². The Hall–Kier alpha value is -2.27. The summed E-state index contributed by atoms with van der Waals surface area (Å²) in [7, 11) is 0. The Morgan fingerprint density at radius 2 is 2.08 bits per heavy atom. The van der Waals surface area contributed by atoms with E-state index in [0.717, 1.165) is 17.3 Å². The molecule has 2 rings (SSSR count). The Kier molecular flexibility index (Phi) is 5.67. The first-order valence-electron chi connectivity index (χ1n) is 7.16. The summed E-state index contributed by atoms with van der Waals surface area (Å²) in [4.78, 5) is 15.6. The largest absolute Gasteiger partial charge is 0.433 e. The summed E-state index contributed by atoms with van der Waals surface area (Å²) in [5.74, 6) is 0.312. The minimum absolute atomic E-state index is 0.0269. The average Bonchev–Trinajstić information content (AvgIpc) is 2.54. The van der Waals surface area contributed by atoms with E-state index in [0.29, 0.717) is 30.3 Å². The van der Waals surface area contributed by atoms with Crippen molar-refractivity contribution in [1.29, 1.82) is 5.26 Å². The Labute approximate surface area is 141 Å². The predicted octanol–water partition coefficient (Wildman–Crippen LogP) is 3.84. The van der Waals surface area contributed by atoms with Crippen LogP contribution in [0.25, 0.3) is 0 Å². The maximum absolute atomic E-state index is 12.9. The number of thioether (sulfide) groups is 1. The van der Waals surface area contributed by atoms with Gasteiger partial charge in [0.25, 0.3) is 5.56 Å². The monoisotopic (exact) mass is 353 g/mol. The van der Waals surface area contributed by atoms with Crippen molar-refractivity contribution in [2.24, 2.45) is 0 Å². The molecule has 0 spiro atoms. The summed E-state index contributed by atoms with van der Waals surface area (Å²) >= 11 is 1.05. The topological polar surface area (TPSA) is 58.7 Å². The molecule has 0 N–H and O–H groups in total. The molecule has 2 aromatic rings. The van der Waals surface area contributed by atoms with Gasteiger partial charge in [0, 0.05) is 18.4 Å². The minimum Gasteiger partial charge on any atom is -0.288 e. The van der Waals surface area contributed by atoms with Gasteiger partial charge in [0.05, 0.1) is 11.6 Å². The Balaban J connectivity index is 2.34. The van der Waals surface area contributed by atoms with Crippen LogP contribution >= 0.6 is 11.8 Å². The molecule has 24 heavy (non-hydrogen) atoms. The first-order chi connectivity index (χ1) is 11.3. The summed E-state index contributed by atoms with van der Waals surface area (Å²) < 4.78 is 39.9. The van der Waals surface area contributed by atoms with Crippen LogP contribution in [0.2, 0.25) is 0 Å². The number of hydrogen-bond acceptors (Lipinski definition) is 4. The number of nitriles is 1. The highest BCUT2D eigenvalue weighted by molar-refractivity contribution is 7.98. The van der Waals surface area contributed by atoms with E-state index in [2.05, 4.69) is 4.98 Å². The van der Waals surface area contributed by atoms with Crippen LogP contribution in [0, 0.1) is 11.3 Å². The van der Waals surface area contributed by atoms with E-state index in [9.17, 15) is 18.0 Å². The summed E-state index contributed by atoms with van der Waals surface area (Å²) in [5, 5.41) is 8.91. The second kappa shape index (κ2) is 7.53. The van der Waals surface area contributed by atoms with Crippen LogP contribution in [0.15, 0.2) is 40.3 Å². The van der Waals surface area contributed by atoms with E-state index in [1.54, 1.807) is 24.3 Å². The molecule has 1 aromatic heterocycles. The molecule has 0 aliphatic rings.